The summed E-state index contributed by atoms with van der Waals surface area (Å²) in [7, 11) is 0. The first-order valence-electron chi connectivity index (χ1n) is 15.0. The molecule has 0 unspecified atom stereocenters. The molecule has 2 heteroatoms. The van der Waals surface area contributed by atoms with Crippen molar-refractivity contribution in [2.45, 2.75) is 0 Å². The highest BCUT2D eigenvalue weighted by Crippen LogP contribution is 2.47. The molecular weight excluding hydrogens is 532 g/mol. The SMILES string of the molecule is C(=Cc1c(N(c2ccccc2)c2ccccc2)cc(N(c2ccccc2)c2ccccc2)c2ccccc12)c1ccccc1. The summed E-state index contributed by atoms with van der Waals surface area (Å²) in [4.78, 5) is 4.74. The third kappa shape index (κ3) is 5.49. The normalized spacial score (nSPS) is 11.1. The van der Waals surface area contributed by atoms with Gasteiger partial charge in [0.1, 0.15) is 0 Å². The number of nitrogens with zero attached hydrogens (tertiary/aromatic N) is 2. The summed E-state index contributed by atoms with van der Waals surface area (Å²) in [6.45, 7) is 0. The summed E-state index contributed by atoms with van der Waals surface area (Å²) in [5.74, 6) is 0. The molecule has 7 aromatic rings. The Morgan fingerprint density at radius 2 is 0.682 bits per heavy atom. The van der Waals surface area contributed by atoms with Gasteiger partial charge in [0.2, 0.25) is 0 Å². The van der Waals surface area contributed by atoms with Crippen LogP contribution in [-0.4, -0.2) is 0 Å². The van der Waals surface area contributed by atoms with E-state index in [1.165, 1.54) is 10.8 Å². The van der Waals surface area contributed by atoms with E-state index in [-0.39, 0.29) is 0 Å². The third-order valence-corrected chi connectivity index (χ3v) is 7.82. The lowest BCUT2D eigenvalue weighted by Crippen LogP contribution is -2.15. The van der Waals surface area contributed by atoms with Gasteiger partial charge in [0.05, 0.1) is 11.4 Å². The van der Waals surface area contributed by atoms with Crippen LogP contribution in [0.3, 0.4) is 0 Å². The van der Waals surface area contributed by atoms with Crippen molar-refractivity contribution in [1.82, 2.24) is 0 Å². The molecule has 0 saturated heterocycles. The molecule has 0 amide bonds. The number of para-hydroxylation sites is 4. The molecule has 0 aliphatic heterocycles. The molecule has 0 aliphatic carbocycles. The highest BCUT2D eigenvalue weighted by molar-refractivity contribution is 6.09. The van der Waals surface area contributed by atoms with Gasteiger partial charge < -0.3 is 9.80 Å². The topological polar surface area (TPSA) is 6.48 Å². The molecule has 7 aromatic carbocycles. The lowest BCUT2D eigenvalue weighted by molar-refractivity contribution is 1.26. The number of rotatable bonds is 8. The molecule has 0 radical (unpaired) electrons. The van der Waals surface area contributed by atoms with Crippen molar-refractivity contribution in [3.05, 3.63) is 193 Å². The van der Waals surface area contributed by atoms with Crippen LogP contribution in [-0.2, 0) is 0 Å². The maximum absolute atomic E-state index is 2.37. The van der Waals surface area contributed by atoms with E-state index in [0.29, 0.717) is 0 Å². The molecule has 7 rings (SSSR count). The zero-order valence-electron chi connectivity index (χ0n) is 24.4. The Labute approximate surface area is 259 Å². The first kappa shape index (κ1) is 27.0. The van der Waals surface area contributed by atoms with Crippen LogP contribution >= 0.6 is 0 Å². The number of hydrogen-bond acceptors (Lipinski definition) is 2. The van der Waals surface area contributed by atoms with Crippen LogP contribution in [0.25, 0.3) is 22.9 Å². The molecule has 0 aromatic heterocycles. The Hall–Kier alpha value is -5.86. The molecule has 0 saturated carbocycles. The second kappa shape index (κ2) is 12.6. The quantitative estimate of drug-likeness (QED) is 0.169. The van der Waals surface area contributed by atoms with Gasteiger partial charge in [-0.2, -0.15) is 0 Å². The van der Waals surface area contributed by atoms with Crippen molar-refractivity contribution in [2.24, 2.45) is 0 Å². The minimum atomic E-state index is 1.10. The molecule has 44 heavy (non-hydrogen) atoms. The van der Waals surface area contributed by atoms with Gasteiger partial charge in [0.25, 0.3) is 0 Å². The summed E-state index contributed by atoms with van der Waals surface area (Å²) in [5.41, 5.74) is 8.93. The summed E-state index contributed by atoms with van der Waals surface area (Å²) in [6.07, 6.45) is 4.48. The summed E-state index contributed by atoms with van der Waals surface area (Å²) < 4.78 is 0. The zero-order valence-corrected chi connectivity index (χ0v) is 24.4. The maximum Gasteiger partial charge on any atom is 0.0561 e. The number of benzene rings is 7. The van der Waals surface area contributed by atoms with E-state index in [2.05, 4.69) is 204 Å². The van der Waals surface area contributed by atoms with Gasteiger partial charge in [0.15, 0.2) is 0 Å². The largest absolute Gasteiger partial charge is 0.310 e. The van der Waals surface area contributed by atoms with E-state index in [0.717, 1.165) is 45.3 Å². The minimum Gasteiger partial charge on any atom is -0.310 e. The lowest BCUT2D eigenvalue weighted by atomic mass is 9.96. The van der Waals surface area contributed by atoms with Gasteiger partial charge in [-0.25, -0.2) is 0 Å². The zero-order chi connectivity index (χ0) is 29.6. The van der Waals surface area contributed by atoms with E-state index in [9.17, 15) is 0 Å². The summed E-state index contributed by atoms with van der Waals surface area (Å²) in [6, 6.07) is 64.2. The Kier molecular flexibility index (Phi) is 7.71. The maximum atomic E-state index is 2.37. The fraction of sp³-hybridized carbons (Fsp3) is 0. The van der Waals surface area contributed by atoms with E-state index >= 15 is 0 Å². The Balaban J connectivity index is 1.57. The fourth-order valence-electron chi connectivity index (χ4n) is 5.82. The van der Waals surface area contributed by atoms with Crippen LogP contribution in [0.2, 0.25) is 0 Å². The standard InChI is InChI=1S/C42H32N2/c1-6-18-33(19-7-1)30-31-40-38-28-16-17-29-39(38)41(43(34-20-8-2-9-21-34)35-22-10-3-11-23-35)32-42(40)44(36-24-12-4-13-25-36)37-26-14-5-15-27-37/h1-32H. The van der Waals surface area contributed by atoms with Crippen molar-refractivity contribution in [3.63, 3.8) is 0 Å². The molecule has 0 atom stereocenters. The van der Waals surface area contributed by atoms with Gasteiger partial charge in [0, 0.05) is 33.7 Å². The second-order valence-corrected chi connectivity index (χ2v) is 10.6. The Morgan fingerprint density at radius 3 is 1.14 bits per heavy atom. The molecule has 0 aliphatic rings. The number of fused-ring (bicyclic) bond motifs is 1. The summed E-state index contributed by atoms with van der Waals surface area (Å²) >= 11 is 0. The van der Waals surface area contributed by atoms with Crippen molar-refractivity contribution in [1.29, 1.82) is 0 Å². The van der Waals surface area contributed by atoms with Gasteiger partial charge in [-0.15, -0.1) is 0 Å². The van der Waals surface area contributed by atoms with Crippen LogP contribution in [0, 0.1) is 0 Å². The van der Waals surface area contributed by atoms with Gasteiger partial charge in [-0.3, -0.25) is 0 Å². The molecule has 0 bridgehead atoms. The highest BCUT2D eigenvalue weighted by Gasteiger charge is 2.23. The van der Waals surface area contributed by atoms with Crippen LogP contribution in [0.15, 0.2) is 182 Å². The molecule has 0 heterocycles. The van der Waals surface area contributed by atoms with E-state index in [1.807, 2.05) is 0 Å². The molecule has 2 nitrogen and oxygen atoms in total. The van der Waals surface area contributed by atoms with Crippen LogP contribution in [0.4, 0.5) is 34.1 Å². The van der Waals surface area contributed by atoms with E-state index < -0.39 is 0 Å². The van der Waals surface area contributed by atoms with Crippen molar-refractivity contribution in [2.75, 3.05) is 9.80 Å². The average molecular weight is 565 g/mol. The van der Waals surface area contributed by atoms with Crippen LogP contribution in [0.1, 0.15) is 11.1 Å². The first-order chi connectivity index (χ1) is 21.9. The number of hydrogen-bond donors (Lipinski definition) is 0. The molecule has 0 spiro atoms. The lowest BCUT2D eigenvalue weighted by Gasteiger charge is -2.32. The van der Waals surface area contributed by atoms with Crippen molar-refractivity contribution in [3.8, 4) is 0 Å². The fourth-order valence-corrected chi connectivity index (χ4v) is 5.82. The predicted molar refractivity (Wildman–Crippen MR) is 189 cm³/mol. The van der Waals surface area contributed by atoms with Crippen LogP contribution < -0.4 is 9.80 Å². The predicted octanol–water partition coefficient (Wildman–Crippen LogP) is 11.9. The van der Waals surface area contributed by atoms with Crippen LogP contribution in [0.5, 0.6) is 0 Å². The van der Waals surface area contributed by atoms with Gasteiger partial charge >= 0.3 is 0 Å². The van der Waals surface area contributed by atoms with E-state index in [4.69, 9.17) is 0 Å². The molecule has 0 fully saturated rings. The molecule has 0 N–H and O–H groups in total. The van der Waals surface area contributed by atoms with E-state index in [1.54, 1.807) is 0 Å². The smallest absolute Gasteiger partial charge is 0.0561 e. The van der Waals surface area contributed by atoms with Gasteiger partial charge in [-0.1, -0.05) is 140 Å². The Morgan fingerprint density at radius 1 is 0.318 bits per heavy atom. The van der Waals surface area contributed by atoms with Crippen molar-refractivity contribution >= 4 is 57.0 Å². The minimum absolute atomic E-state index is 1.10. The average Bonchev–Trinajstić information content (AvgIpc) is 3.10. The highest BCUT2D eigenvalue weighted by atomic mass is 15.2. The monoisotopic (exact) mass is 564 g/mol. The molecule has 210 valence electrons. The van der Waals surface area contributed by atoms with Crippen molar-refractivity contribution < 1.29 is 0 Å². The third-order valence-electron chi connectivity index (χ3n) is 7.82. The molecular formula is C42H32N2. The Bertz CT molecular complexity index is 1910. The first-order valence-corrected chi connectivity index (χ1v) is 15.0. The number of anilines is 6. The summed E-state index contributed by atoms with van der Waals surface area (Å²) in [5, 5.41) is 2.36. The second-order valence-electron chi connectivity index (χ2n) is 10.6. The van der Waals surface area contributed by atoms with Gasteiger partial charge in [-0.05, 0) is 65.5 Å².